The van der Waals surface area contributed by atoms with Crippen molar-refractivity contribution < 1.29 is 19.1 Å². The van der Waals surface area contributed by atoms with Gasteiger partial charge < -0.3 is 20.1 Å². The number of rotatable bonds is 7. The fourth-order valence-corrected chi connectivity index (χ4v) is 3.41. The van der Waals surface area contributed by atoms with E-state index in [4.69, 9.17) is 9.47 Å². The molecule has 0 aliphatic heterocycles. The number of benzene rings is 2. The summed E-state index contributed by atoms with van der Waals surface area (Å²) >= 11 is 0. The summed E-state index contributed by atoms with van der Waals surface area (Å²) in [4.78, 5) is 41.5. The maximum absolute atomic E-state index is 12.5. The topological polar surface area (TPSA) is 111 Å². The van der Waals surface area contributed by atoms with E-state index in [1.165, 1.54) is 10.5 Å². The maximum Gasteiger partial charge on any atom is 0.340 e. The first-order valence-corrected chi connectivity index (χ1v) is 11.0. The Morgan fingerprint density at radius 2 is 1.83 bits per heavy atom. The van der Waals surface area contributed by atoms with Gasteiger partial charge in [-0.05, 0) is 55.8 Å². The monoisotopic (exact) mass is 472 g/mol. The Labute approximate surface area is 201 Å². The molecule has 0 aliphatic rings. The van der Waals surface area contributed by atoms with E-state index in [2.05, 4.69) is 15.6 Å². The molecule has 2 heterocycles. The van der Waals surface area contributed by atoms with Gasteiger partial charge in [-0.3, -0.25) is 9.20 Å². The van der Waals surface area contributed by atoms with Gasteiger partial charge in [0, 0.05) is 24.0 Å². The number of esters is 1. The number of urea groups is 1. The second-order valence-electron chi connectivity index (χ2n) is 7.68. The molecule has 178 valence electrons. The van der Waals surface area contributed by atoms with Gasteiger partial charge in [-0.1, -0.05) is 18.2 Å². The Morgan fingerprint density at radius 1 is 1.00 bits per heavy atom. The molecule has 0 spiro atoms. The summed E-state index contributed by atoms with van der Waals surface area (Å²) in [5.41, 5.74) is 2.92. The second-order valence-corrected chi connectivity index (χ2v) is 7.68. The van der Waals surface area contributed by atoms with Gasteiger partial charge >= 0.3 is 12.0 Å². The standard InChI is InChI=1S/C26H24N4O5/c1-3-34-25(32)21-9-4-5-10-22(21)29-26(33)28-18-7-6-8-20(14-18)35-16-19-15-24(31)30-12-11-17(2)13-23(30)27-19/h4-15H,3,16H2,1-2H3,(H2,28,29,33). The first-order chi connectivity index (χ1) is 16.9. The number of pyridine rings is 1. The minimum atomic E-state index is -0.529. The van der Waals surface area contributed by atoms with Gasteiger partial charge in [-0.2, -0.15) is 0 Å². The summed E-state index contributed by atoms with van der Waals surface area (Å²) in [6, 6.07) is 18.0. The van der Waals surface area contributed by atoms with Crippen molar-refractivity contribution >= 4 is 29.0 Å². The van der Waals surface area contributed by atoms with E-state index in [-0.39, 0.29) is 24.3 Å². The van der Waals surface area contributed by atoms with Crippen LogP contribution in [-0.4, -0.2) is 28.0 Å². The number of amides is 2. The van der Waals surface area contributed by atoms with Crippen LogP contribution in [0.3, 0.4) is 0 Å². The predicted octanol–water partition coefficient (Wildman–Crippen LogP) is 4.40. The van der Waals surface area contributed by atoms with Crippen molar-refractivity contribution in [3.8, 4) is 5.75 Å². The molecule has 0 saturated heterocycles. The minimum Gasteiger partial charge on any atom is -0.487 e. The molecule has 4 rings (SSSR count). The van der Waals surface area contributed by atoms with E-state index in [9.17, 15) is 14.4 Å². The highest BCUT2D eigenvalue weighted by atomic mass is 16.5. The van der Waals surface area contributed by atoms with Gasteiger partial charge in [-0.15, -0.1) is 0 Å². The number of hydrogen-bond acceptors (Lipinski definition) is 6. The van der Waals surface area contributed by atoms with E-state index < -0.39 is 12.0 Å². The normalized spacial score (nSPS) is 10.6. The lowest BCUT2D eigenvalue weighted by Crippen LogP contribution is -2.21. The van der Waals surface area contributed by atoms with Crippen molar-refractivity contribution in [3.63, 3.8) is 0 Å². The molecule has 0 atom stereocenters. The summed E-state index contributed by atoms with van der Waals surface area (Å²) in [5, 5.41) is 5.38. The van der Waals surface area contributed by atoms with E-state index in [0.29, 0.717) is 28.5 Å². The Hall–Kier alpha value is -4.66. The van der Waals surface area contributed by atoms with Gasteiger partial charge in [-0.25, -0.2) is 14.6 Å². The average Bonchev–Trinajstić information content (AvgIpc) is 2.83. The lowest BCUT2D eigenvalue weighted by Gasteiger charge is -2.12. The third kappa shape index (κ3) is 5.83. The Morgan fingerprint density at radius 3 is 2.66 bits per heavy atom. The molecule has 4 aromatic rings. The zero-order valence-electron chi connectivity index (χ0n) is 19.3. The first-order valence-electron chi connectivity index (χ1n) is 11.0. The Balaban J connectivity index is 1.42. The Bertz CT molecular complexity index is 1450. The van der Waals surface area contributed by atoms with Crippen molar-refractivity contribution in [2.75, 3.05) is 17.2 Å². The van der Waals surface area contributed by atoms with Crippen LogP contribution >= 0.6 is 0 Å². The van der Waals surface area contributed by atoms with Crippen LogP contribution in [0.2, 0.25) is 0 Å². The van der Waals surface area contributed by atoms with E-state index in [0.717, 1.165) is 5.56 Å². The van der Waals surface area contributed by atoms with Crippen LogP contribution in [0.1, 0.15) is 28.5 Å². The second kappa shape index (κ2) is 10.5. The molecule has 2 N–H and O–H groups in total. The quantitative estimate of drug-likeness (QED) is 0.386. The summed E-state index contributed by atoms with van der Waals surface area (Å²) in [7, 11) is 0. The molecule has 2 aromatic carbocycles. The summed E-state index contributed by atoms with van der Waals surface area (Å²) in [5.74, 6) is -0.0307. The number of anilines is 2. The molecule has 0 saturated carbocycles. The van der Waals surface area contributed by atoms with Crippen molar-refractivity contribution in [2.24, 2.45) is 0 Å². The van der Waals surface area contributed by atoms with Crippen LogP contribution in [-0.2, 0) is 11.3 Å². The summed E-state index contributed by atoms with van der Waals surface area (Å²) in [6.07, 6.45) is 1.69. The van der Waals surface area contributed by atoms with Gasteiger partial charge in [0.1, 0.15) is 18.0 Å². The van der Waals surface area contributed by atoms with Gasteiger partial charge in [0.2, 0.25) is 0 Å². The fraction of sp³-hybridized carbons (Fsp3) is 0.154. The zero-order valence-corrected chi connectivity index (χ0v) is 19.3. The van der Waals surface area contributed by atoms with Crippen LogP contribution in [0.25, 0.3) is 5.65 Å². The van der Waals surface area contributed by atoms with E-state index >= 15 is 0 Å². The van der Waals surface area contributed by atoms with Crippen LogP contribution in [0.15, 0.2) is 77.7 Å². The number of carbonyl (C=O) groups excluding carboxylic acids is 2. The molecule has 0 radical (unpaired) electrons. The molecule has 0 unspecified atom stereocenters. The lowest BCUT2D eigenvalue weighted by molar-refractivity contribution is 0.0527. The van der Waals surface area contributed by atoms with Crippen LogP contribution < -0.4 is 20.9 Å². The van der Waals surface area contributed by atoms with Crippen LogP contribution in [0.4, 0.5) is 16.2 Å². The maximum atomic E-state index is 12.5. The predicted molar refractivity (Wildman–Crippen MR) is 132 cm³/mol. The lowest BCUT2D eigenvalue weighted by atomic mass is 10.2. The molecular weight excluding hydrogens is 448 g/mol. The molecule has 0 bridgehead atoms. The summed E-state index contributed by atoms with van der Waals surface area (Å²) < 4.78 is 12.3. The smallest absolute Gasteiger partial charge is 0.340 e. The van der Waals surface area contributed by atoms with Gasteiger partial charge in [0.15, 0.2) is 0 Å². The number of para-hydroxylation sites is 1. The molecule has 9 heteroatoms. The number of aryl methyl sites for hydroxylation is 1. The number of ether oxygens (including phenoxy) is 2. The molecule has 2 aromatic heterocycles. The van der Waals surface area contributed by atoms with Gasteiger partial charge in [0.25, 0.3) is 5.56 Å². The number of nitrogens with zero attached hydrogens (tertiary/aromatic N) is 2. The fourth-order valence-electron chi connectivity index (χ4n) is 3.41. The summed E-state index contributed by atoms with van der Waals surface area (Å²) in [6.45, 7) is 3.96. The minimum absolute atomic E-state index is 0.0856. The SMILES string of the molecule is CCOC(=O)c1ccccc1NC(=O)Nc1cccc(OCc2cc(=O)n3ccc(C)cc3n2)c1. The number of fused-ring (bicyclic) bond motifs is 1. The first kappa shape index (κ1) is 23.5. The zero-order chi connectivity index (χ0) is 24.8. The number of carbonyl (C=O) groups is 2. The highest BCUT2D eigenvalue weighted by Crippen LogP contribution is 2.20. The van der Waals surface area contributed by atoms with Crippen molar-refractivity contribution in [3.05, 3.63) is 100 Å². The number of aromatic nitrogens is 2. The van der Waals surface area contributed by atoms with Crippen LogP contribution in [0, 0.1) is 6.92 Å². The Kier molecular flexibility index (Phi) is 7.06. The van der Waals surface area contributed by atoms with Crippen LogP contribution in [0.5, 0.6) is 5.75 Å². The molecular formula is C26H24N4O5. The molecule has 2 amide bonds. The molecule has 0 aliphatic carbocycles. The van der Waals surface area contributed by atoms with E-state index in [1.54, 1.807) is 61.7 Å². The van der Waals surface area contributed by atoms with Crippen molar-refractivity contribution in [1.82, 2.24) is 9.38 Å². The number of hydrogen-bond donors (Lipinski definition) is 2. The van der Waals surface area contributed by atoms with E-state index in [1.807, 2.05) is 19.1 Å². The molecule has 35 heavy (non-hydrogen) atoms. The van der Waals surface area contributed by atoms with Crippen molar-refractivity contribution in [2.45, 2.75) is 20.5 Å². The third-order valence-electron chi connectivity index (χ3n) is 5.02. The van der Waals surface area contributed by atoms with Crippen molar-refractivity contribution in [1.29, 1.82) is 0 Å². The number of nitrogens with one attached hydrogen (secondary N) is 2. The molecule has 0 fully saturated rings. The average molecular weight is 473 g/mol. The highest BCUT2D eigenvalue weighted by Gasteiger charge is 2.14. The third-order valence-corrected chi connectivity index (χ3v) is 5.02. The van der Waals surface area contributed by atoms with Gasteiger partial charge in [0.05, 0.1) is 23.6 Å². The molecule has 9 nitrogen and oxygen atoms in total. The largest absolute Gasteiger partial charge is 0.487 e. The highest BCUT2D eigenvalue weighted by molar-refractivity contribution is 6.05.